The summed E-state index contributed by atoms with van der Waals surface area (Å²) in [6.45, 7) is 4.74. The summed E-state index contributed by atoms with van der Waals surface area (Å²) in [7, 11) is 0. The molecule has 3 aromatic rings. The second-order valence-corrected chi connectivity index (χ2v) is 7.71. The zero-order valence-corrected chi connectivity index (χ0v) is 15.6. The molecule has 5 nitrogen and oxygen atoms in total. The van der Waals surface area contributed by atoms with Crippen LogP contribution in [0.25, 0.3) is 10.2 Å². The van der Waals surface area contributed by atoms with Gasteiger partial charge in [-0.2, -0.15) is 0 Å². The molecule has 0 atom stereocenters. The number of carbonyl (C=O) groups is 1. The number of nitrogens with zero attached hydrogens (tertiary/aromatic N) is 2. The van der Waals surface area contributed by atoms with Crippen molar-refractivity contribution in [1.29, 1.82) is 0 Å². The van der Waals surface area contributed by atoms with E-state index in [1.165, 1.54) is 23.1 Å². The van der Waals surface area contributed by atoms with Crippen LogP contribution in [0.4, 0.5) is 0 Å². The summed E-state index contributed by atoms with van der Waals surface area (Å²) >= 11 is 2.71. The van der Waals surface area contributed by atoms with Crippen LogP contribution in [0.2, 0.25) is 0 Å². The van der Waals surface area contributed by atoms with Crippen LogP contribution < -0.4 is 10.3 Å². The number of ether oxygens (including phenoxy) is 1. The first-order chi connectivity index (χ1) is 12.7. The van der Waals surface area contributed by atoms with Crippen molar-refractivity contribution in [3.8, 4) is 5.75 Å². The quantitative estimate of drug-likeness (QED) is 0.281. The molecule has 0 unspecified atom stereocenters. The van der Waals surface area contributed by atoms with E-state index in [9.17, 15) is 9.59 Å². The monoisotopic (exact) mass is 384 g/mol. The van der Waals surface area contributed by atoms with Gasteiger partial charge in [0.05, 0.1) is 17.7 Å². The van der Waals surface area contributed by atoms with E-state index in [1.54, 1.807) is 22.8 Å². The van der Waals surface area contributed by atoms with E-state index in [0.717, 1.165) is 17.7 Å². The topological polar surface area (TPSA) is 61.2 Å². The molecular formula is C19H16N2O3S2. The van der Waals surface area contributed by atoms with Crippen molar-refractivity contribution in [2.45, 2.75) is 18.1 Å². The Morgan fingerprint density at radius 2 is 2.31 bits per heavy atom. The maximum Gasteiger partial charge on any atom is 0.263 e. The van der Waals surface area contributed by atoms with Gasteiger partial charge in [-0.05, 0) is 35.2 Å². The average molecular weight is 384 g/mol. The molecule has 0 bridgehead atoms. The summed E-state index contributed by atoms with van der Waals surface area (Å²) < 4.78 is 7.04. The van der Waals surface area contributed by atoms with Gasteiger partial charge in [0.1, 0.15) is 10.6 Å². The van der Waals surface area contributed by atoms with Gasteiger partial charge in [-0.3, -0.25) is 14.2 Å². The lowest BCUT2D eigenvalue weighted by molar-refractivity contribution is 0.102. The third kappa shape index (κ3) is 3.08. The number of hydrogen-bond acceptors (Lipinski definition) is 6. The molecule has 1 aliphatic heterocycles. The van der Waals surface area contributed by atoms with Crippen LogP contribution in [0, 0.1) is 0 Å². The van der Waals surface area contributed by atoms with Gasteiger partial charge in [0.2, 0.25) is 0 Å². The van der Waals surface area contributed by atoms with Crippen LogP contribution in [-0.4, -0.2) is 27.7 Å². The fraction of sp³-hybridized carbons (Fsp3) is 0.211. The number of thiophene rings is 1. The minimum atomic E-state index is -0.0965. The molecule has 0 N–H and O–H groups in total. The second kappa shape index (κ2) is 7.09. The van der Waals surface area contributed by atoms with Gasteiger partial charge in [0.25, 0.3) is 5.56 Å². The lowest BCUT2D eigenvalue weighted by atomic mass is 10.1. The number of aromatic nitrogens is 2. The van der Waals surface area contributed by atoms with E-state index in [1.807, 2.05) is 17.5 Å². The SMILES string of the molecule is C=CCn1c(SCC(=O)c2ccc3c(c2)CCO3)nc2sccc2c1=O. The summed E-state index contributed by atoms with van der Waals surface area (Å²) in [5.74, 6) is 1.09. The molecule has 2 aromatic heterocycles. The summed E-state index contributed by atoms with van der Waals surface area (Å²) in [5, 5.41) is 3.00. The van der Waals surface area contributed by atoms with Crippen molar-refractivity contribution < 1.29 is 9.53 Å². The Labute approximate surface area is 158 Å². The Bertz CT molecular complexity index is 1070. The molecule has 0 fully saturated rings. The highest BCUT2D eigenvalue weighted by molar-refractivity contribution is 7.99. The molecule has 3 heterocycles. The summed E-state index contributed by atoms with van der Waals surface area (Å²) in [4.78, 5) is 30.5. The predicted octanol–water partition coefficient (Wildman–Crippen LogP) is 3.55. The molecule has 0 saturated heterocycles. The Morgan fingerprint density at radius 3 is 3.15 bits per heavy atom. The van der Waals surface area contributed by atoms with E-state index >= 15 is 0 Å². The number of Topliss-reactive ketones (excluding diaryl/α,β-unsaturated/α-hetero) is 1. The van der Waals surface area contributed by atoms with Gasteiger partial charge in [0.15, 0.2) is 10.9 Å². The highest BCUT2D eigenvalue weighted by Crippen LogP contribution is 2.27. The van der Waals surface area contributed by atoms with Gasteiger partial charge in [-0.25, -0.2) is 4.98 Å². The Hall–Kier alpha value is -2.38. The molecule has 0 spiro atoms. The second-order valence-electron chi connectivity index (χ2n) is 5.87. The first kappa shape index (κ1) is 17.1. The minimum Gasteiger partial charge on any atom is -0.493 e. The summed E-state index contributed by atoms with van der Waals surface area (Å²) in [6, 6.07) is 7.32. The molecular weight excluding hydrogens is 368 g/mol. The molecule has 7 heteroatoms. The van der Waals surface area contributed by atoms with Crippen molar-refractivity contribution in [2.75, 3.05) is 12.4 Å². The van der Waals surface area contributed by atoms with E-state index in [0.29, 0.717) is 34.1 Å². The molecule has 0 aliphatic carbocycles. The Balaban J connectivity index is 1.59. The third-order valence-electron chi connectivity index (χ3n) is 4.20. The molecule has 1 aromatic carbocycles. The van der Waals surface area contributed by atoms with Crippen molar-refractivity contribution in [3.63, 3.8) is 0 Å². The minimum absolute atomic E-state index is 0.00961. The molecule has 4 rings (SSSR count). The lowest BCUT2D eigenvalue weighted by Crippen LogP contribution is -2.22. The maximum atomic E-state index is 12.6. The zero-order chi connectivity index (χ0) is 18.1. The van der Waals surface area contributed by atoms with Crippen molar-refractivity contribution >= 4 is 39.1 Å². The maximum absolute atomic E-state index is 12.6. The number of allylic oxidation sites excluding steroid dienone is 1. The standard InChI is InChI=1S/C19H16N2O3S2/c1-2-7-21-18(23)14-6-9-25-17(14)20-19(21)26-11-15(22)12-3-4-16-13(10-12)5-8-24-16/h2-4,6,9-10H,1,5,7-8,11H2. The molecule has 132 valence electrons. The van der Waals surface area contributed by atoms with E-state index in [-0.39, 0.29) is 17.1 Å². The molecule has 0 amide bonds. The number of ketones is 1. The fourth-order valence-electron chi connectivity index (χ4n) is 2.90. The van der Waals surface area contributed by atoms with Crippen molar-refractivity contribution in [2.24, 2.45) is 0 Å². The lowest BCUT2D eigenvalue weighted by Gasteiger charge is -2.10. The van der Waals surface area contributed by atoms with E-state index in [4.69, 9.17) is 4.74 Å². The zero-order valence-electron chi connectivity index (χ0n) is 13.9. The first-order valence-corrected chi connectivity index (χ1v) is 10.0. The number of benzene rings is 1. The third-order valence-corrected chi connectivity index (χ3v) is 5.99. The van der Waals surface area contributed by atoms with Gasteiger partial charge >= 0.3 is 0 Å². The van der Waals surface area contributed by atoms with Crippen LogP contribution in [0.5, 0.6) is 5.75 Å². The number of hydrogen-bond donors (Lipinski definition) is 0. The molecule has 1 aliphatic rings. The van der Waals surface area contributed by atoms with Crippen LogP contribution in [0.15, 0.2) is 52.3 Å². The molecule has 0 saturated carbocycles. The van der Waals surface area contributed by atoms with Crippen molar-refractivity contribution in [1.82, 2.24) is 9.55 Å². The van der Waals surface area contributed by atoms with Gasteiger partial charge in [-0.1, -0.05) is 17.8 Å². The normalized spacial score (nSPS) is 12.8. The van der Waals surface area contributed by atoms with Crippen LogP contribution in [-0.2, 0) is 13.0 Å². The van der Waals surface area contributed by atoms with Crippen LogP contribution >= 0.6 is 23.1 Å². The number of fused-ring (bicyclic) bond motifs is 2. The summed E-state index contributed by atoms with van der Waals surface area (Å²) in [6.07, 6.45) is 2.49. The smallest absolute Gasteiger partial charge is 0.263 e. The highest BCUT2D eigenvalue weighted by Gasteiger charge is 2.17. The largest absolute Gasteiger partial charge is 0.493 e. The Kier molecular flexibility index (Phi) is 4.65. The van der Waals surface area contributed by atoms with Crippen LogP contribution in [0.1, 0.15) is 15.9 Å². The predicted molar refractivity (Wildman–Crippen MR) is 105 cm³/mol. The highest BCUT2D eigenvalue weighted by atomic mass is 32.2. The van der Waals surface area contributed by atoms with Gasteiger partial charge in [0, 0.05) is 18.5 Å². The molecule has 0 radical (unpaired) electrons. The Morgan fingerprint density at radius 1 is 1.42 bits per heavy atom. The number of carbonyl (C=O) groups excluding carboxylic acids is 1. The van der Waals surface area contributed by atoms with Gasteiger partial charge in [-0.15, -0.1) is 17.9 Å². The van der Waals surface area contributed by atoms with Crippen molar-refractivity contribution in [3.05, 3.63) is 63.8 Å². The van der Waals surface area contributed by atoms with Crippen LogP contribution in [0.3, 0.4) is 0 Å². The average Bonchev–Trinajstić information content (AvgIpc) is 3.30. The van der Waals surface area contributed by atoms with Gasteiger partial charge < -0.3 is 4.74 Å². The first-order valence-electron chi connectivity index (χ1n) is 8.18. The number of rotatable bonds is 6. The molecule has 26 heavy (non-hydrogen) atoms. The fourth-order valence-corrected chi connectivity index (χ4v) is 4.61. The van der Waals surface area contributed by atoms with E-state index < -0.39 is 0 Å². The summed E-state index contributed by atoms with van der Waals surface area (Å²) in [5.41, 5.74) is 1.64. The number of thioether (sulfide) groups is 1. The van der Waals surface area contributed by atoms with E-state index in [2.05, 4.69) is 11.6 Å².